The Morgan fingerprint density at radius 2 is 2.17 bits per heavy atom. The van der Waals surface area contributed by atoms with Crippen LogP contribution in [0.4, 0.5) is 0 Å². The molecule has 3 nitrogen and oxygen atoms in total. The predicted molar refractivity (Wildman–Crippen MR) is 77.1 cm³/mol. The van der Waals surface area contributed by atoms with E-state index in [2.05, 4.69) is 13.0 Å². The highest BCUT2D eigenvalue weighted by Gasteiger charge is 2.43. The fourth-order valence-corrected chi connectivity index (χ4v) is 3.48. The normalized spacial score (nSPS) is 23.2. The molecule has 94 valence electrons. The number of hydrogen-bond donors (Lipinski definition) is 1. The topological polar surface area (TPSA) is 47.3 Å². The Bertz CT molecular complexity index is 495. The number of rotatable bonds is 3. The van der Waals surface area contributed by atoms with Gasteiger partial charge >= 0.3 is 0 Å². The van der Waals surface area contributed by atoms with Crippen molar-refractivity contribution in [3.8, 4) is 6.07 Å². The van der Waals surface area contributed by atoms with Crippen LogP contribution in [0, 0.1) is 11.3 Å². The van der Waals surface area contributed by atoms with Crippen molar-refractivity contribution < 1.29 is 5.11 Å². The Kier molecular flexibility index (Phi) is 3.91. The average Bonchev–Trinajstić information content (AvgIpc) is 2.69. The van der Waals surface area contributed by atoms with Gasteiger partial charge in [0.15, 0.2) is 5.72 Å². The Morgan fingerprint density at radius 3 is 2.72 bits per heavy atom. The summed E-state index contributed by atoms with van der Waals surface area (Å²) in [5.74, 6) is 0.539. The molecule has 1 N–H and O–H groups in total. The number of nitrogens with zero attached hydrogens (tertiary/aromatic N) is 2. The van der Waals surface area contributed by atoms with Gasteiger partial charge in [0.1, 0.15) is 4.32 Å². The fourth-order valence-electron chi connectivity index (χ4n) is 2.02. The van der Waals surface area contributed by atoms with E-state index in [0.29, 0.717) is 11.3 Å². The molecule has 5 heteroatoms. The van der Waals surface area contributed by atoms with E-state index in [-0.39, 0.29) is 0 Å². The zero-order valence-electron chi connectivity index (χ0n) is 10.1. The molecule has 18 heavy (non-hydrogen) atoms. The molecule has 1 saturated heterocycles. The van der Waals surface area contributed by atoms with Crippen LogP contribution in [0.2, 0.25) is 0 Å². The highest BCUT2D eigenvalue weighted by Crippen LogP contribution is 2.39. The Labute approximate surface area is 116 Å². The second kappa shape index (κ2) is 5.27. The van der Waals surface area contributed by atoms with Gasteiger partial charge in [-0.15, -0.1) is 0 Å². The molecule has 0 bridgehead atoms. The van der Waals surface area contributed by atoms with E-state index in [1.54, 1.807) is 24.3 Å². The van der Waals surface area contributed by atoms with Gasteiger partial charge in [-0.25, -0.2) is 0 Å². The third-order valence-electron chi connectivity index (χ3n) is 2.99. The summed E-state index contributed by atoms with van der Waals surface area (Å²) in [5.41, 5.74) is 0.353. The van der Waals surface area contributed by atoms with Crippen LogP contribution in [0.5, 0.6) is 0 Å². The van der Waals surface area contributed by atoms with Crippen molar-refractivity contribution in [3.05, 3.63) is 35.4 Å². The molecule has 0 saturated carbocycles. The smallest absolute Gasteiger partial charge is 0.175 e. The van der Waals surface area contributed by atoms with Gasteiger partial charge in [0.2, 0.25) is 0 Å². The van der Waals surface area contributed by atoms with E-state index in [0.717, 1.165) is 22.8 Å². The first-order valence-electron chi connectivity index (χ1n) is 5.79. The second-order valence-corrected chi connectivity index (χ2v) is 5.82. The van der Waals surface area contributed by atoms with Crippen LogP contribution in [0.3, 0.4) is 0 Å². The molecule has 1 aromatic carbocycles. The molecular formula is C13H14N2OS2. The van der Waals surface area contributed by atoms with Crippen LogP contribution in [0.15, 0.2) is 24.3 Å². The maximum absolute atomic E-state index is 10.8. The summed E-state index contributed by atoms with van der Waals surface area (Å²) in [7, 11) is 0. The molecule has 0 radical (unpaired) electrons. The van der Waals surface area contributed by atoms with Crippen molar-refractivity contribution in [2.45, 2.75) is 19.1 Å². The van der Waals surface area contributed by atoms with Gasteiger partial charge in [-0.1, -0.05) is 43.0 Å². The Hall–Kier alpha value is -1.09. The molecule has 1 atom stereocenters. The van der Waals surface area contributed by atoms with Crippen molar-refractivity contribution in [2.24, 2.45) is 0 Å². The van der Waals surface area contributed by atoms with E-state index >= 15 is 0 Å². The van der Waals surface area contributed by atoms with Crippen LogP contribution >= 0.6 is 24.0 Å². The number of thioether (sulfide) groups is 1. The maximum atomic E-state index is 10.8. The number of aliphatic hydroxyl groups is 1. The fraction of sp³-hybridized carbons (Fsp3) is 0.385. The van der Waals surface area contributed by atoms with Gasteiger partial charge in [-0.3, -0.25) is 0 Å². The lowest BCUT2D eigenvalue weighted by atomic mass is 10.0. The number of thiocarbonyl (C=S) groups is 1. The summed E-state index contributed by atoms with van der Waals surface area (Å²) in [6, 6.07) is 9.13. The number of nitriles is 1. The van der Waals surface area contributed by atoms with Gasteiger partial charge in [0.05, 0.1) is 17.4 Å². The first-order valence-corrected chi connectivity index (χ1v) is 7.18. The van der Waals surface area contributed by atoms with Crippen molar-refractivity contribution in [1.29, 1.82) is 5.26 Å². The van der Waals surface area contributed by atoms with Crippen LogP contribution < -0.4 is 0 Å². The maximum Gasteiger partial charge on any atom is 0.175 e. The predicted octanol–water partition coefficient (Wildman–Crippen LogP) is 2.45. The SMILES string of the molecule is CCCN1C(=S)SCC1(O)c1ccc(C#N)cc1. The summed E-state index contributed by atoms with van der Waals surface area (Å²) in [5, 5.41) is 19.6. The first-order chi connectivity index (χ1) is 8.61. The number of benzene rings is 1. The molecule has 1 aromatic rings. The van der Waals surface area contributed by atoms with Gasteiger partial charge in [0, 0.05) is 12.1 Å². The minimum absolute atomic E-state index is 0.539. The van der Waals surface area contributed by atoms with Gasteiger partial charge in [0.25, 0.3) is 0 Å². The molecule has 0 amide bonds. The zero-order chi connectivity index (χ0) is 13.2. The summed E-state index contributed by atoms with van der Waals surface area (Å²) in [6.45, 7) is 2.80. The first kappa shape index (κ1) is 13.3. The summed E-state index contributed by atoms with van der Waals surface area (Å²) in [4.78, 5) is 1.87. The molecule has 1 heterocycles. The molecular weight excluding hydrogens is 264 g/mol. The molecule has 1 fully saturated rings. The molecule has 1 unspecified atom stereocenters. The standard InChI is InChI=1S/C13H14N2OS2/c1-2-7-15-12(17)18-9-13(15,16)11-5-3-10(8-14)4-6-11/h3-6,16H,2,7,9H2,1H3. The van der Waals surface area contributed by atoms with Crippen LogP contribution in [0.1, 0.15) is 24.5 Å². The lowest BCUT2D eigenvalue weighted by molar-refractivity contribution is -0.0464. The van der Waals surface area contributed by atoms with E-state index in [1.165, 1.54) is 11.8 Å². The largest absolute Gasteiger partial charge is 0.366 e. The van der Waals surface area contributed by atoms with Crippen molar-refractivity contribution in [2.75, 3.05) is 12.3 Å². The minimum Gasteiger partial charge on any atom is -0.366 e. The summed E-state index contributed by atoms with van der Waals surface area (Å²) in [6.07, 6.45) is 0.930. The summed E-state index contributed by atoms with van der Waals surface area (Å²) < 4.78 is 0.740. The monoisotopic (exact) mass is 278 g/mol. The number of hydrogen-bond acceptors (Lipinski definition) is 4. The lowest BCUT2D eigenvalue weighted by Gasteiger charge is -2.34. The molecule has 0 aliphatic carbocycles. The molecule has 0 spiro atoms. The van der Waals surface area contributed by atoms with Crippen molar-refractivity contribution in [3.63, 3.8) is 0 Å². The lowest BCUT2D eigenvalue weighted by Crippen LogP contribution is -2.44. The van der Waals surface area contributed by atoms with Gasteiger partial charge in [-0.05, 0) is 18.6 Å². The van der Waals surface area contributed by atoms with Crippen LogP contribution in [0.25, 0.3) is 0 Å². The van der Waals surface area contributed by atoms with E-state index in [9.17, 15) is 5.11 Å². The Morgan fingerprint density at radius 1 is 1.50 bits per heavy atom. The molecule has 2 rings (SSSR count). The van der Waals surface area contributed by atoms with Gasteiger partial charge in [-0.2, -0.15) is 5.26 Å². The Balaban J connectivity index is 2.34. The minimum atomic E-state index is -1.04. The van der Waals surface area contributed by atoms with E-state index < -0.39 is 5.72 Å². The molecule has 1 aliphatic rings. The van der Waals surface area contributed by atoms with Gasteiger partial charge < -0.3 is 10.0 Å². The third-order valence-corrected chi connectivity index (χ3v) is 4.58. The van der Waals surface area contributed by atoms with E-state index in [1.807, 2.05) is 4.90 Å². The third kappa shape index (κ3) is 2.24. The zero-order valence-corrected chi connectivity index (χ0v) is 11.7. The van der Waals surface area contributed by atoms with Crippen molar-refractivity contribution >= 4 is 28.3 Å². The van der Waals surface area contributed by atoms with E-state index in [4.69, 9.17) is 17.5 Å². The second-order valence-electron chi connectivity index (χ2n) is 4.21. The quantitative estimate of drug-likeness (QED) is 0.861. The van der Waals surface area contributed by atoms with Crippen LogP contribution in [-0.2, 0) is 5.72 Å². The highest BCUT2D eigenvalue weighted by atomic mass is 32.2. The average molecular weight is 278 g/mol. The van der Waals surface area contributed by atoms with Crippen LogP contribution in [-0.4, -0.2) is 26.6 Å². The molecule has 0 aromatic heterocycles. The summed E-state index contributed by atoms with van der Waals surface area (Å²) >= 11 is 6.78. The molecule has 1 aliphatic heterocycles. The van der Waals surface area contributed by atoms with Crippen molar-refractivity contribution in [1.82, 2.24) is 4.90 Å². The highest BCUT2D eigenvalue weighted by molar-refractivity contribution is 8.23.